The van der Waals surface area contributed by atoms with Crippen LogP contribution in [0.25, 0.3) is 0 Å². The molecular formula is C12H20N4O. The van der Waals surface area contributed by atoms with Crippen LogP contribution in [0.4, 0.5) is 5.82 Å². The van der Waals surface area contributed by atoms with Crippen LogP contribution < -0.4 is 15.8 Å². The van der Waals surface area contributed by atoms with Crippen molar-refractivity contribution in [2.24, 2.45) is 5.73 Å². The fraction of sp³-hybridized carbons (Fsp3) is 0.667. The smallest absolute Gasteiger partial charge is 0.218 e. The van der Waals surface area contributed by atoms with E-state index in [1.165, 1.54) is 38.4 Å². The second kappa shape index (κ2) is 6.39. The van der Waals surface area contributed by atoms with Gasteiger partial charge in [-0.1, -0.05) is 19.3 Å². The van der Waals surface area contributed by atoms with Gasteiger partial charge in [0.25, 0.3) is 0 Å². The third-order valence-electron chi connectivity index (χ3n) is 2.97. The Bertz CT molecular complexity index is 339. The lowest BCUT2D eigenvalue weighted by atomic mass is 9.95. The Hall–Kier alpha value is -1.36. The van der Waals surface area contributed by atoms with Crippen LogP contribution in [0, 0.1) is 0 Å². The second-order valence-electron chi connectivity index (χ2n) is 4.36. The van der Waals surface area contributed by atoms with Crippen molar-refractivity contribution in [3.63, 3.8) is 0 Å². The number of rotatable bonds is 5. The van der Waals surface area contributed by atoms with Gasteiger partial charge in [-0.3, -0.25) is 0 Å². The summed E-state index contributed by atoms with van der Waals surface area (Å²) in [6, 6.07) is 2.38. The van der Waals surface area contributed by atoms with Crippen molar-refractivity contribution in [2.45, 2.75) is 38.1 Å². The summed E-state index contributed by atoms with van der Waals surface area (Å²) in [5.41, 5.74) is 5.38. The van der Waals surface area contributed by atoms with E-state index in [0.29, 0.717) is 25.1 Å². The molecule has 0 saturated heterocycles. The molecule has 0 aliphatic heterocycles. The zero-order valence-corrected chi connectivity index (χ0v) is 10.1. The van der Waals surface area contributed by atoms with E-state index in [1.807, 2.05) is 6.07 Å². The highest BCUT2D eigenvalue weighted by atomic mass is 16.5. The summed E-state index contributed by atoms with van der Waals surface area (Å²) in [4.78, 5) is 8.25. The van der Waals surface area contributed by atoms with E-state index in [0.717, 1.165) is 5.82 Å². The Morgan fingerprint density at radius 3 is 2.88 bits per heavy atom. The molecule has 3 N–H and O–H groups in total. The molecule has 1 aliphatic rings. The largest absolute Gasteiger partial charge is 0.476 e. The van der Waals surface area contributed by atoms with E-state index in [2.05, 4.69) is 15.3 Å². The molecule has 5 nitrogen and oxygen atoms in total. The van der Waals surface area contributed by atoms with Gasteiger partial charge in [-0.25, -0.2) is 9.97 Å². The maximum Gasteiger partial charge on any atom is 0.218 e. The van der Waals surface area contributed by atoms with Crippen LogP contribution in [-0.2, 0) is 0 Å². The predicted molar refractivity (Wildman–Crippen MR) is 67.1 cm³/mol. The number of anilines is 1. The van der Waals surface area contributed by atoms with Gasteiger partial charge >= 0.3 is 0 Å². The zero-order chi connectivity index (χ0) is 11.9. The van der Waals surface area contributed by atoms with Crippen LogP contribution in [0.2, 0.25) is 0 Å². The predicted octanol–water partition coefficient (Wildman–Crippen LogP) is 1.56. The van der Waals surface area contributed by atoms with Crippen LogP contribution in [0.1, 0.15) is 32.1 Å². The highest BCUT2D eigenvalue weighted by Crippen LogP contribution is 2.21. The van der Waals surface area contributed by atoms with Gasteiger partial charge in [-0.15, -0.1) is 0 Å². The average Bonchev–Trinajstić information content (AvgIpc) is 2.38. The van der Waals surface area contributed by atoms with Crippen molar-refractivity contribution in [1.82, 2.24) is 9.97 Å². The lowest BCUT2D eigenvalue weighted by Gasteiger charge is -2.23. The number of hydrogen-bond donors (Lipinski definition) is 2. The molecule has 94 valence electrons. The number of nitrogens with zero attached hydrogens (tertiary/aromatic N) is 2. The highest BCUT2D eigenvalue weighted by molar-refractivity contribution is 5.38. The summed E-state index contributed by atoms with van der Waals surface area (Å²) in [6.07, 6.45) is 7.94. The molecule has 1 saturated carbocycles. The van der Waals surface area contributed by atoms with Crippen molar-refractivity contribution in [2.75, 3.05) is 18.5 Å². The molecule has 0 aromatic carbocycles. The normalized spacial score (nSPS) is 16.8. The molecule has 1 aliphatic carbocycles. The summed E-state index contributed by atoms with van der Waals surface area (Å²) in [7, 11) is 0. The van der Waals surface area contributed by atoms with Crippen LogP contribution in [-0.4, -0.2) is 29.2 Å². The summed E-state index contributed by atoms with van der Waals surface area (Å²) in [5.74, 6) is 1.43. The van der Waals surface area contributed by atoms with Crippen LogP contribution >= 0.6 is 0 Å². The van der Waals surface area contributed by atoms with E-state index < -0.39 is 0 Å². The minimum absolute atomic E-state index is 0.486. The van der Waals surface area contributed by atoms with Crippen molar-refractivity contribution in [3.05, 3.63) is 12.4 Å². The zero-order valence-electron chi connectivity index (χ0n) is 10.1. The molecular weight excluding hydrogens is 216 g/mol. The molecule has 5 heteroatoms. The molecule has 1 heterocycles. The monoisotopic (exact) mass is 236 g/mol. The van der Waals surface area contributed by atoms with Crippen LogP contribution in [0.15, 0.2) is 12.4 Å². The molecule has 1 aromatic rings. The van der Waals surface area contributed by atoms with E-state index >= 15 is 0 Å². The van der Waals surface area contributed by atoms with E-state index in [9.17, 15) is 0 Å². The van der Waals surface area contributed by atoms with Crippen LogP contribution in [0.3, 0.4) is 0 Å². The summed E-state index contributed by atoms with van der Waals surface area (Å²) in [5, 5.41) is 3.44. The lowest BCUT2D eigenvalue weighted by molar-refractivity contribution is 0.315. The Kier molecular flexibility index (Phi) is 4.55. The molecule has 0 amide bonds. The van der Waals surface area contributed by atoms with Crippen LogP contribution in [0.5, 0.6) is 5.88 Å². The minimum Gasteiger partial charge on any atom is -0.476 e. The molecule has 0 spiro atoms. The number of nitrogens with one attached hydrogen (secondary N) is 1. The molecule has 0 radical (unpaired) electrons. The van der Waals surface area contributed by atoms with E-state index in [4.69, 9.17) is 10.5 Å². The van der Waals surface area contributed by atoms with Gasteiger partial charge in [-0.2, -0.15) is 0 Å². The van der Waals surface area contributed by atoms with Gasteiger partial charge in [-0.05, 0) is 12.8 Å². The van der Waals surface area contributed by atoms with Gasteiger partial charge in [0.05, 0.1) is 0 Å². The topological polar surface area (TPSA) is 73.1 Å². The fourth-order valence-corrected chi connectivity index (χ4v) is 2.12. The standard InChI is InChI=1S/C12H20N4O/c13-6-7-17-12-8-11(14-9-15-12)16-10-4-2-1-3-5-10/h8-10H,1-7,13H2,(H,14,15,16). The summed E-state index contributed by atoms with van der Waals surface area (Å²) in [6.45, 7) is 0.981. The van der Waals surface area contributed by atoms with E-state index in [1.54, 1.807) is 0 Å². The average molecular weight is 236 g/mol. The molecule has 2 rings (SSSR count). The maximum absolute atomic E-state index is 5.38. The van der Waals surface area contributed by atoms with Gasteiger partial charge in [0, 0.05) is 18.7 Å². The van der Waals surface area contributed by atoms with Crippen molar-refractivity contribution >= 4 is 5.82 Å². The molecule has 0 atom stereocenters. The Morgan fingerprint density at radius 1 is 1.29 bits per heavy atom. The maximum atomic E-state index is 5.38. The minimum atomic E-state index is 0.486. The van der Waals surface area contributed by atoms with Gasteiger partial charge in [0.15, 0.2) is 0 Å². The molecule has 1 aromatic heterocycles. The van der Waals surface area contributed by atoms with Gasteiger partial charge in [0.2, 0.25) is 5.88 Å². The molecule has 1 fully saturated rings. The number of hydrogen-bond acceptors (Lipinski definition) is 5. The molecule has 17 heavy (non-hydrogen) atoms. The third-order valence-corrected chi connectivity index (χ3v) is 2.97. The first-order chi connectivity index (χ1) is 8.38. The number of ether oxygens (including phenoxy) is 1. The fourth-order valence-electron chi connectivity index (χ4n) is 2.12. The van der Waals surface area contributed by atoms with Crippen molar-refractivity contribution in [3.8, 4) is 5.88 Å². The summed E-state index contributed by atoms with van der Waals surface area (Å²) < 4.78 is 5.37. The highest BCUT2D eigenvalue weighted by Gasteiger charge is 2.13. The Morgan fingerprint density at radius 2 is 2.12 bits per heavy atom. The van der Waals surface area contributed by atoms with Crippen molar-refractivity contribution in [1.29, 1.82) is 0 Å². The quantitative estimate of drug-likeness (QED) is 0.811. The van der Waals surface area contributed by atoms with Crippen molar-refractivity contribution < 1.29 is 4.74 Å². The second-order valence-corrected chi connectivity index (χ2v) is 4.36. The number of aromatic nitrogens is 2. The lowest BCUT2D eigenvalue weighted by Crippen LogP contribution is -2.22. The first-order valence-electron chi connectivity index (χ1n) is 6.30. The van der Waals surface area contributed by atoms with Gasteiger partial charge < -0.3 is 15.8 Å². The SMILES string of the molecule is NCCOc1cc(NC2CCCCC2)ncn1. The first kappa shape index (κ1) is 12.1. The molecule has 0 bridgehead atoms. The summed E-state index contributed by atoms with van der Waals surface area (Å²) >= 11 is 0. The molecule has 0 unspecified atom stereocenters. The Balaban J connectivity index is 1.90. The van der Waals surface area contributed by atoms with E-state index in [-0.39, 0.29) is 0 Å². The Labute approximate surface area is 102 Å². The third kappa shape index (κ3) is 3.85. The number of nitrogens with two attached hydrogens (primary N) is 1. The first-order valence-corrected chi connectivity index (χ1v) is 6.30. The van der Waals surface area contributed by atoms with Gasteiger partial charge in [0.1, 0.15) is 18.8 Å².